The summed E-state index contributed by atoms with van der Waals surface area (Å²) in [5.74, 6) is -0.1000. The lowest BCUT2D eigenvalue weighted by molar-refractivity contribution is -0.138. The zero-order chi connectivity index (χ0) is 9.28. The number of nitrogens with two attached hydrogens (primary N) is 1. The van der Waals surface area contributed by atoms with E-state index < -0.39 is 12.0 Å². The van der Waals surface area contributed by atoms with Crippen LogP contribution in [0.1, 0.15) is 6.42 Å². The van der Waals surface area contributed by atoms with Crippen molar-refractivity contribution in [2.45, 2.75) is 12.5 Å². The predicted molar refractivity (Wildman–Crippen MR) is 49.9 cm³/mol. The molecular formula is C7H15NO2S. The second kappa shape index (κ2) is 9.52. The molecule has 0 radical (unpaired) electrons. The van der Waals surface area contributed by atoms with Gasteiger partial charge in [0.2, 0.25) is 0 Å². The Labute approximate surface area is 71.7 Å². The Hall–Kier alpha value is -0.480. The summed E-state index contributed by atoms with van der Waals surface area (Å²) < 4.78 is 0. The van der Waals surface area contributed by atoms with Crippen LogP contribution < -0.4 is 5.73 Å². The van der Waals surface area contributed by atoms with Crippen molar-refractivity contribution in [1.82, 2.24) is 0 Å². The van der Waals surface area contributed by atoms with Crippen LogP contribution in [0.3, 0.4) is 0 Å². The lowest BCUT2D eigenvalue weighted by Gasteiger charge is -2.02. The van der Waals surface area contributed by atoms with Gasteiger partial charge in [-0.15, -0.1) is 13.2 Å². The molecule has 0 amide bonds. The standard InChI is InChI=1S/C5H11NO2S.C2H4/c1-9-3-2-4(6)5(7)8;1-2/h4H,2-3,6H2,1H3,(H,7,8);1-2H2/t4-;/m0./s1. The van der Waals surface area contributed by atoms with E-state index in [-0.39, 0.29) is 0 Å². The van der Waals surface area contributed by atoms with Gasteiger partial charge in [-0.1, -0.05) is 0 Å². The second-order valence-corrected chi connectivity index (χ2v) is 2.71. The second-order valence-electron chi connectivity index (χ2n) is 1.73. The Morgan fingerprint density at radius 2 is 2.18 bits per heavy atom. The molecule has 0 saturated heterocycles. The molecule has 4 heteroatoms. The fourth-order valence-corrected chi connectivity index (χ4v) is 0.858. The van der Waals surface area contributed by atoms with Gasteiger partial charge in [0.1, 0.15) is 6.04 Å². The lowest BCUT2D eigenvalue weighted by atomic mass is 10.2. The average molecular weight is 177 g/mol. The molecular weight excluding hydrogens is 162 g/mol. The first-order valence-corrected chi connectivity index (χ1v) is 4.55. The highest BCUT2D eigenvalue weighted by Gasteiger charge is 2.08. The molecule has 0 heterocycles. The van der Waals surface area contributed by atoms with Gasteiger partial charge in [-0.2, -0.15) is 11.8 Å². The Morgan fingerprint density at radius 1 is 1.73 bits per heavy atom. The van der Waals surface area contributed by atoms with E-state index >= 15 is 0 Å². The van der Waals surface area contributed by atoms with Gasteiger partial charge < -0.3 is 10.8 Å². The first kappa shape index (κ1) is 13.1. The van der Waals surface area contributed by atoms with Crippen LogP contribution in [0.15, 0.2) is 13.2 Å². The van der Waals surface area contributed by atoms with Crippen molar-refractivity contribution >= 4 is 17.7 Å². The van der Waals surface area contributed by atoms with Crippen molar-refractivity contribution < 1.29 is 9.90 Å². The monoisotopic (exact) mass is 177 g/mol. The van der Waals surface area contributed by atoms with Crippen LogP contribution in [0.5, 0.6) is 0 Å². The zero-order valence-corrected chi connectivity index (χ0v) is 7.56. The lowest BCUT2D eigenvalue weighted by Crippen LogP contribution is -2.30. The van der Waals surface area contributed by atoms with Crippen molar-refractivity contribution in [3.63, 3.8) is 0 Å². The van der Waals surface area contributed by atoms with Crippen molar-refractivity contribution in [2.24, 2.45) is 5.73 Å². The number of carboxylic acid groups (broad SMARTS) is 1. The maximum absolute atomic E-state index is 10.1. The minimum atomic E-state index is -0.913. The molecule has 3 N–H and O–H groups in total. The predicted octanol–water partition coefficient (Wildman–Crippen LogP) is 0.954. The summed E-state index contributed by atoms with van der Waals surface area (Å²) in [6.07, 6.45) is 2.48. The number of carboxylic acids is 1. The van der Waals surface area contributed by atoms with Gasteiger partial charge in [0, 0.05) is 0 Å². The molecule has 0 aliphatic rings. The van der Waals surface area contributed by atoms with E-state index in [0.717, 1.165) is 5.75 Å². The van der Waals surface area contributed by atoms with Gasteiger partial charge >= 0.3 is 5.97 Å². The van der Waals surface area contributed by atoms with Gasteiger partial charge in [0.15, 0.2) is 0 Å². The number of rotatable bonds is 4. The third-order valence-corrected chi connectivity index (χ3v) is 1.59. The molecule has 3 nitrogen and oxygen atoms in total. The molecule has 0 aliphatic heterocycles. The molecule has 0 bridgehead atoms. The van der Waals surface area contributed by atoms with Crippen LogP contribution in [0.2, 0.25) is 0 Å². The molecule has 66 valence electrons. The summed E-state index contributed by atoms with van der Waals surface area (Å²) in [4.78, 5) is 10.1. The van der Waals surface area contributed by atoms with E-state index in [4.69, 9.17) is 10.8 Å². The number of hydrogen-bond acceptors (Lipinski definition) is 3. The highest BCUT2D eigenvalue weighted by atomic mass is 32.2. The normalized spacial score (nSPS) is 11.1. The number of aliphatic carboxylic acids is 1. The van der Waals surface area contributed by atoms with Gasteiger partial charge in [0.25, 0.3) is 0 Å². The topological polar surface area (TPSA) is 63.3 Å². The minimum absolute atomic E-state index is 0.552. The minimum Gasteiger partial charge on any atom is -0.480 e. The summed E-state index contributed by atoms with van der Waals surface area (Å²) in [5.41, 5.74) is 5.19. The van der Waals surface area contributed by atoms with Crippen molar-refractivity contribution in [1.29, 1.82) is 0 Å². The van der Waals surface area contributed by atoms with E-state index in [1.165, 1.54) is 0 Å². The molecule has 0 aromatic heterocycles. The Balaban J connectivity index is 0. The van der Waals surface area contributed by atoms with E-state index in [2.05, 4.69) is 13.2 Å². The highest BCUT2D eigenvalue weighted by Crippen LogP contribution is 1.97. The van der Waals surface area contributed by atoms with E-state index in [1.807, 2.05) is 6.26 Å². The summed E-state index contributed by atoms with van der Waals surface area (Å²) >= 11 is 1.60. The largest absolute Gasteiger partial charge is 0.480 e. The smallest absolute Gasteiger partial charge is 0.320 e. The van der Waals surface area contributed by atoms with Crippen LogP contribution in [0, 0.1) is 0 Å². The number of carbonyl (C=O) groups is 1. The van der Waals surface area contributed by atoms with E-state index in [1.54, 1.807) is 11.8 Å². The van der Waals surface area contributed by atoms with Crippen LogP contribution in [-0.4, -0.2) is 29.1 Å². The van der Waals surface area contributed by atoms with Crippen LogP contribution in [-0.2, 0) is 4.79 Å². The Morgan fingerprint density at radius 3 is 2.45 bits per heavy atom. The van der Waals surface area contributed by atoms with Crippen molar-refractivity contribution in [3.05, 3.63) is 13.2 Å². The van der Waals surface area contributed by atoms with Gasteiger partial charge in [0.05, 0.1) is 0 Å². The van der Waals surface area contributed by atoms with Crippen LogP contribution >= 0.6 is 11.8 Å². The summed E-state index contributed by atoms with van der Waals surface area (Å²) in [5, 5.41) is 8.27. The summed E-state index contributed by atoms with van der Waals surface area (Å²) in [7, 11) is 0. The van der Waals surface area contributed by atoms with Gasteiger partial charge in [-0.25, -0.2) is 0 Å². The first-order chi connectivity index (χ1) is 5.18. The molecule has 0 fully saturated rings. The molecule has 0 aromatic carbocycles. The van der Waals surface area contributed by atoms with Crippen molar-refractivity contribution in [2.75, 3.05) is 12.0 Å². The fraction of sp³-hybridized carbons (Fsp3) is 0.571. The van der Waals surface area contributed by atoms with Crippen LogP contribution in [0.25, 0.3) is 0 Å². The first-order valence-electron chi connectivity index (χ1n) is 3.15. The van der Waals surface area contributed by atoms with E-state index in [9.17, 15) is 4.79 Å². The SMILES string of the molecule is C=C.CSCC[C@H](N)C(=O)O. The van der Waals surface area contributed by atoms with Crippen molar-refractivity contribution in [3.8, 4) is 0 Å². The summed E-state index contributed by atoms with van der Waals surface area (Å²) in [6, 6.07) is -0.683. The Kier molecular flexibility index (Phi) is 11.4. The molecule has 0 spiro atoms. The molecule has 0 rings (SSSR count). The maximum Gasteiger partial charge on any atom is 0.320 e. The number of hydrogen-bond donors (Lipinski definition) is 2. The van der Waals surface area contributed by atoms with Gasteiger partial charge in [-0.3, -0.25) is 4.79 Å². The van der Waals surface area contributed by atoms with E-state index in [0.29, 0.717) is 6.42 Å². The molecule has 11 heavy (non-hydrogen) atoms. The number of thioether (sulfide) groups is 1. The highest BCUT2D eigenvalue weighted by molar-refractivity contribution is 7.98. The van der Waals surface area contributed by atoms with Gasteiger partial charge in [-0.05, 0) is 18.4 Å². The summed E-state index contributed by atoms with van der Waals surface area (Å²) in [6.45, 7) is 6.00. The van der Waals surface area contributed by atoms with Crippen LogP contribution in [0.4, 0.5) is 0 Å². The average Bonchev–Trinajstić information content (AvgIpc) is 2.03. The molecule has 0 aromatic rings. The Bertz CT molecular complexity index is 109. The maximum atomic E-state index is 10.1. The zero-order valence-electron chi connectivity index (χ0n) is 6.75. The third-order valence-electron chi connectivity index (χ3n) is 0.950. The third kappa shape index (κ3) is 9.52. The molecule has 0 unspecified atom stereocenters. The molecule has 0 saturated carbocycles. The fourth-order valence-electron chi connectivity index (χ4n) is 0.368. The molecule has 1 atom stereocenters. The quantitative estimate of drug-likeness (QED) is 0.628. The molecule has 0 aliphatic carbocycles.